The van der Waals surface area contributed by atoms with Crippen molar-refractivity contribution in [3.8, 4) is 0 Å². The number of hydrogen-bond acceptors (Lipinski definition) is 4. The number of carbonyl (C=O) groups excluding carboxylic acids is 1. The molecule has 1 saturated heterocycles. The fourth-order valence-electron chi connectivity index (χ4n) is 1.78. The van der Waals surface area contributed by atoms with Gasteiger partial charge in [-0.2, -0.15) is 0 Å². The van der Waals surface area contributed by atoms with Crippen molar-refractivity contribution in [3.05, 3.63) is 23.2 Å². The highest BCUT2D eigenvalue weighted by atomic mass is 35.5. The van der Waals surface area contributed by atoms with Crippen LogP contribution in [0.15, 0.2) is 12.4 Å². The van der Waals surface area contributed by atoms with Gasteiger partial charge < -0.3 is 10.0 Å². The Bertz CT molecular complexity index is 471. The summed E-state index contributed by atoms with van der Waals surface area (Å²) in [5.74, 6) is -1.51. The summed E-state index contributed by atoms with van der Waals surface area (Å²) in [4.78, 5) is 31.9. The van der Waals surface area contributed by atoms with Crippen LogP contribution < -0.4 is 0 Å². The Labute approximate surface area is 109 Å². The van der Waals surface area contributed by atoms with Crippen molar-refractivity contribution in [2.45, 2.75) is 6.92 Å². The molecule has 0 bridgehead atoms. The Morgan fingerprint density at radius 3 is 2.61 bits per heavy atom. The second kappa shape index (κ2) is 4.89. The van der Waals surface area contributed by atoms with Gasteiger partial charge in [0.2, 0.25) is 0 Å². The summed E-state index contributed by atoms with van der Waals surface area (Å²) >= 11 is 5.58. The zero-order chi connectivity index (χ0) is 13.3. The summed E-state index contributed by atoms with van der Waals surface area (Å²) in [5.41, 5.74) is 0.223. The first-order chi connectivity index (χ1) is 8.49. The minimum atomic E-state index is -0.835. The molecule has 96 valence electrons. The molecular weight excluding hydrogens is 258 g/mol. The molecule has 0 aliphatic carbocycles. The molecule has 2 heterocycles. The Morgan fingerprint density at radius 2 is 2.11 bits per heavy atom. The molecule has 2 rings (SSSR count). The molecule has 1 fully saturated rings. The van der Waals surface area contributed by atoms with E-state index in [9.17, 15) is 9.59 Å². The largest absolute Gasteiger partial charge is 0.481 e. The van der Waals surface area contributed by atoms with Crippen molar-refractivity contribution in [2.75, 3.05) is 13.1 Å². The van der Waals surface area contributed by atoms with Crippen molar-refractivity contribution in [2.24, 2.45) is 11.8 Å². The molecule has 0 saturated carbocycles. The predicted molar refractivity (Wildman–Crippen MR) is 63.2 cm³/mol. The second-order valence-electron chi connectivity index (χ2n) is 4.32. The van der Waals surface area contributed by atoms with Crippen LogP contribution >= 0.6 is 11.6 Å². The molecule has 1 N–H and O–H groups in total. The van der Waals surface area contributed by atoms with Crippen molar-refractivity contribution >= 4 is 23.5 Å². The van der Waals surface area contributed by atoms with Gasteiger partial charge in [0.1, 0.15) is 10.8 Å². The molecule has 1 unspecified atom stereocenters. The number of halogens is 1. The van der Waals surface area contributed by atoms with E-state index in [1.165, 1.54) is 12.4 Å². The third-order valence-electron chi connectivity index (χ3n) is 3.13. The lowest BCUT2D eigenvalue weighted by atomic mass is 9.87. The van der Waals surface area contributed by atoms with Crippen LogP contribution in [0.25, 0.3) is 0 Å². The smallest absolute Gasteiger partial charge is 0.306 e. The number of likely N-dealkylation sites (tertiary alicyclic amines) is 1. The van der Waals surface area contributed by atoms with E-state index < -0.39 is 11.9 Å². The van der Waals surface area contributed by atoms with Crippen molar-refractivity contribution < 1.29 is 14.7 Å². The predicted octanol–water partition coefficient (Wildman–Crippen LogP) is 0.923. The molecule has 1 aromatic rings. The van der Waals surface area contributed by atoms with Crippen LogP contribution in [0.5, 0.6) is 0 Å². The molecule has 0 spiro atoms. The van der Waals surface area contributed by atoms with Crippen LogP contribution in [0.3, 0.4) is 0 Å². The number of amides is 1. The molecule has 6 nitrogen and oxygen atoms in total. The van der Waals surface area contributed by atoms with Gasteiger partial charge in [0, 0.05) is 19.0 Å². The van der Waals surface area contributed by atoms with E-state index in [1.54, 1.807) is 11.8 Å². The van der Waals surface area contributed by atoms with Gasteiger partial charge in [-0.1, -0.05) is 18.5 Å². The summed E-state index contributed by atoms with van der Waals surface area (Å²) in [6.45, 7) is 2.53. The highest BCUT2D eigenvalue weighted by molar-refractivity contribution is 6.29. The van der Waals surface area contributed by atoms with Crippen molar-refractivity contribution in [3.63, 3.8) is 0 Å². The van der Waals surface area contributed by atoms with Gasteiger partial charge in [-0.15, -0.1) is 0 Å². The highest BCUT2D eigenvalue weighted by Crippen LogP contribution is 2.25. The molecule has 18 heavy (non-hydrogen) atoms. The summed E-state index contributed by atoms with van der Waals surface area (Å²) in [6.07, 6.45) is 2.63. The fraction of sp³-hybridized carbons (Fsp3) is 0.455. The minimum Gasteiger partial charge on any atom is -0.481 e. The molecule has 1 atom stereocenters. The zero-order valence-corrected chi connectivity index (χ0v) is 10.5. The zero-order valence-electron chi connectivity index (χ0n) is 9.71. The summed E-state index contributed by atoms with van der Waals surface area (Å²) < 4.78 is 0. The third-order valence-corrected chi connectivity index (χ3v) is 3.33. The monoisotopic (exact) mass is 269 g/mol. The number of hydrogen-bond donors (Lipinski definition) is 1. The number of carbonyl (C=O) groups is 2. The lowest BCUT2D eigenvalue weighted by molar-refractivity contribution is -0.144. The molecule has 1 aliphatic rings. The topological polar surface area (TPSA) is 83.4 Å². The summed E-state index contributed by atoms with van der Waals surface area (Å²) in [6, 6.07) is 0. The Hall–Kier alpha value is -1.69. The average molecular weight is 270 g/mol. The number of carboxylic acid groups (broad SMARTS) is 1. The van der Waals surface area contributed by atoms with E-state index >= 15 is 0 Å². The quantitative estimate of drug-likeness (QED) is 0.882. The maximum Gasteiger partial charge on any atom is 0.306 e. The van der Waals surface area contributed by atoms with Crippen LogP contribution in [0, 0.1) is 11.8 Å². The van der Waals surface area contributed by atoms with E-state index in [4.69, 9.17) is 16.7 Å². The van der Waals surface area contributed by atoms with Crippen LogP contribution in [0.1, 0.15) is 17.4 Å². The minimum absolute atomic E-state index is 0.00621. The highest BCUT2D eigenvalue weighted by Gasteiger charge is 2.37. The molecule has 1 amide bonds. The van der Waals surface area contributed by atoms with Gasteiger partial charge in [0.15, 0.2) is 0 Å². The van der Waals surface area contributed by atoms with Gasteiger partial charge >= 0.3 is 5.97 Å². The molecule has 0 aromatic carbocycles. The van der Waals surface area contributed by atoms with Gasteiger partial charge in [-0.25, -0.2) is 9.97 Å². The second-order valence-corrected chi connectivity index (χ2v) is 4.71. The van der Waals surface area contributed by atoms with E-state index in [2.05, 4.69) is 9.97 Å². The van der Waals surface area contributed by atoms with Crippen LogP contribution in [-0.2, 0) is 4.79 Å². The summed E-state index contributed by atoms with van der Waals surface area (Å²) in [5, 5.41) is 9.08. The molecule has 1 aromatic heterocycles. The van der Waals surface area contributed by atoms with Gasteiger partial charge in [-0.3, -0.25) is 9.59 Å². The normalized spacial score (nSPS) is 17.1. The Balaban J connectivity index is 1.94. The number of nitrogens with zero attached hydrogens (tertiary/aromatic N) is 3. The summed E-state index contributed by atoms with van der Waals surface area (Å²) in [7, 11) is 0. The lowest BCUT2D eigenvalue weighted by Crippen LogP contribution is -2.53. The van der Waals surface area contributed by atoms with E-state index in [1.807, 2.05) is 0 Å². The SMILES string of the molecule is CC(C(=O)O)C1CN(C(=O)c2cnc(Cl)cn2)C1. The van der Waals surface area contributed by atoms with Crippen molar-refractivity contribution in [1.82, 2.24) is 14.9 Å². The van der Waals surface area contributed by atoms with Gasteiger partial charge in [-0.05, 0) is 0 Å². The molecular formula is C11H12ClN3O3. The first-order valence-electron chi connectivity index (χ1n) is 5.48. The maximum atomic E-state index is 11.9. The lowest BCUT2D eigenvalue weighted by Gasteiger charge is -2.40. The van der Waals surface area contributed by atoms with E-state index in [0.29, 0.717) is 13.1 Å². The van der Waals surface area contributed by atoms with Gasteiger partial charge in [0.25, 0.3) is 5.91 Å². The Kier molecular flexibility index (Phi) is 3.47. The molecule has 0 radical (unpaired) electrons. The van der Waals surface area contributed by atoms with E-state index in [0.717, 1.165) is 0 Å². The first kappa shape index (κ1) is 12.8. The first-order valence-corrected chi connectivity index (χ1v) is 5.86. The number of aliphatic carboxylic acids is 1. The standard InChI is InChI=1S/C11H12ClN3O3/c1-6(11(17)18)7-4-15(5-7)10(16)8-2-14-9(12)3-13-8/h2-3,6-7H,4-5H2,1H3,(H,17,18). The maximum absolute atomic E-state index is 11.9. The third kappa shape index (κ3) is 2.43. The molecule has 7 heteroatoms. The van der Waals surface area contributed by atoms with Crippen LogP contribution in [0.4, 0.5) is 0 Å². The fourth-order valence-corrected chi connectivity index (χ4v) is 1.88. The van der Waals surface area contributed by atoms with Crippen molar-refractivity contribution in [1.29, 1.82) is 0 Å². The average Bonchev–Trinajstić information content (AvgIpc) is 2.27. The van der Waals surface area contributed by atoms with Crippen LogP contribution in [-0.4, -0.2) is 44.9 Å². The van der Waals surface area contributed by atoms with E-state index in [-0.39, 0.29) is 22.7 Å². The Morgan fingerprint density at radius 1 is 1.44 bits per heavy atom. The molecule has 1 aliphatic heterocycles. The number of rotatable bonds is 3. The van der Waals surface area contributed by atoms with Gasteiger partial charge in [0.05, 0.1) is 18.3 Å². The van der Waals surface area contributed by atoms with Crippen LogP contribution in [0.2, 0.25) is 5.15 Å². The number of carboxylic acids is 1. The number of aromatic nitrogens is 2.